The molecule has 1 fully saturated rings. The second-order valence-corrected chi connectivity index (χ2v) is 8.77. The summed E-state index contributed by atoms with van der Waals surface area (Å²) in [6.45, 7) is 11.7. The lowest BCUT2D eigenvalue weighted by molar-refractivity contribution is -0.0937. The van der Waals surface area contributed by atoms with Gasteiger partial charge in [0.2, 0.25) is 0 Å². The van der Waals surface area contributed by atoms with Gasteiger partial charge in [0.15, 0.2) is 0 Å². The van der Waals surface area contributed by atoms with Crippen molar-refractivity contribution in [2.24, 2.45) is 5.41 Å². The molecule has 2 rings (SSSR count). The van der Waals surface area contributed by atoms with E-state index in [0.29, 0.717) is 0 Å². The predicted molar refractivity (Wildman–Crippen MR) is 108 cm³/mol. The number of hydrogen-bond acceptors (Lipinski definition) is 2. The van der Waals surface area contributed by atoms with E-state index in [-0.39, 0.29) is 18.1 Å². The van der Waals surface area contributed by atoms with E-state index in [2.05, 4.69) is 58.9 Å². The average Bonchev–Trinajstić information content (AvgIpc) is 2.57. The van der Waals surface area contributed by atoms with E-state index >= 15 is 0 Å². The van der Waals surface area contributed by atoms with E-state index in [1.54, 1.807) is 0 Å². The molecule has 1 aromatic rings. The van der Waals surface area contributed by atoms with Crippen LogP contribution in [0.3, 0.4) is 0 Å². The number of unbranched alkanes of at least 4 members (excludes halogenated alkanes) is 6. The van der Waals surface area contributed by atoms with Crippen molar-refractivity contribution >= 4 is 12.6 Å². The fraction of sp³-hybridized carbons (Fsp3) is 0.727. The Hall–Kier alpha value is -0.795. The number of rotatable bonds is 9. The molecule has 1 aliphatic rings. The molecule has 3 heteroatoms. The molecule has 0 aliphatic carbocycles. The van der Waals surface area contributed by atoms with Gasteiger partial charge in [0, 0.05) is 12.0 Å². The molecule has 1 aromatic carbocycles. The monoisotopic (exact) mass is 344 g/mol. The van der Waals surface area contributed by atoms with Crippen LogP contribution in [0.25, 0.3) is 0 Å². The molecule has 140 valence electrons. The van der Waals surface area contributed by atoms with Crippen LogP contribution < -0.4 is 5.46 Å². The second-order valence-electron chi connectivity index (χ2n) is 8.77. The number of hydrogen-bond donors (Lipinski definition) is 0. The van der Waals surface area contributed by atoms with Gasteiger partial charge in [-0.3, -0.25) is 0 Å². The molecular weight excluding hydrogens is 307 g/mol. The Morgan fingerprint density at radius 2 is 1.48 bits per heavy atom. The van der Waals surface area contributed by atoms with Gasteiger partial charge in [-0.2, -0.15) is 0 Å². The van der Waals surface area contributed by atoms with Gasteiger partial charge in [0.25, 0.3) is 0 Å². The highest BCUT2D eigenvalue weighted by Crippen LogP contribution is 2.37. The third-order valence-electron chi connectivity index (χ3n) is 5.95. The molecule has 2 nitrogen and oxygen atoms in total. The molecule has 0 aromatic heterocycles. The summed E-state index contributed by atoms with van der Waals surface area (Å²) in [5.41, 5.74) is 2.40. The highest BCUT2D eigenvalue weighted by Gasteiger charge is 2.46. The van der Waals surface area contributed by atoms with E-state index < -0.39 is 0 Å². The molecule has 0 atom stereocenters. The summed E-state index contributed by atoms with van der Waals surface area (Å²) in [5.74, 6) is 0. The van der Waals surface area contributed by atoms with E-state index in [1.807, 2.05) is 0 Å². The summed E-state index contributed by atoms with van der Waals surface area (Å²) < 4.78 is 12.2. The van der Waals surface area contributed by atoms with Gasteiger partial charge in [-0.15, -0.1) is 0 Å². The van der Waals surface area contributed by atoms with Gasteiger partial charge < -0.3 is 9.31 Å². The first-order chi connectivity index (χ1) is 11.9. The van der Waals surface area contributed by atoms with Crippen molar-refractivity contribution in [1.82, 2.24) is 0 Å². The van der Waals surface area contributed by atoms with Crippen molar-refractivity contribution in [3.63, 3.8) is 0 Å². The van der Waals surface area contributed by atoms with E-state index in [1.165, 1.54) is 56.9 Å². The topological polar surface area (TPSA) is 18.5 Å². The Balaban J connectivity index is 1.77. The Morgan fingerprint density at radius 3 is 2.08 bits per heavy atom. The molecule has 0 radical (unpaired) electrons. The minimum atomic E-state index is -0.240. The maximum Gasteiger partial charge on any atom is 0.494 e. The van der Waals surface area contributed by atoms with E-state index in [0.717, 1.165) is 12.1 Å². The predicted octanol–water partition coefficient (Wildman–Crippen LogP) is 5.53. The molecule has 0 saturated carbocycles. The van der Waals surface area contributed by atoms with Gasteiger partial charge in [-0.25, -0.2) is 0 Å². The summed E-state index contributed by atoms with van der Waals surface area (Å²) in [6, 6.07) is 8.84. The Kier molecular flexibility index (Phi) is 7.58. The maximum atomic E-state index is 6.24. The normalized spacial score (nSPS) is 19.2. The third-order valence-corrected chi connectivity index (χ3v) is 5.95. The largest absolute Gasteiger partial charge is 0.494 e. The summed E-state index contributed by atoms with van der Waals surface area (Å²) in [7, 11) is -0.240. The first kappa shape index (κ1) is 20.5. The second kappa shape index (κ2) is 9.23. The molecule has 0 amide bonds. The lowest BCUT2D eigenvalue weighted by Crippen LogP contribution is -2.58. The van der Waals surface area contributed by atoms with Crippen LogP contribution in [0.4, 0.5) is 0 Å². The Morgan fingerprint density at radius 1 is 0.880 bits per heavy atom. The van der Waals surface area contributed by atoms with Crippen molar-refractivity contribution in [2.45, 2.75) is 91.6 Å². The molecule has 25 heavy (non-hydrogen) atoms. The minimum absolute atomic E-state index is 0.0283. The van der Waals surface area contributed by atoms with Crippen LogP contribution in [0, 0.1) is 5.41 Å². The quantitative estimate of drug-likeness (QED) is 0.433. The van der Waals surface area contributed by atoms with Crippen molar-refractivity contribution in [1.29, 1.82) is 0 Å². The maximum absolute atomic E-state index is 6.24. The number of aryl methyl sites for hydroxylation is 1. The van der Waals surface area contributed by atoms with Gasteiger partial charge in [-0.1, -0.05) is 83.6 Å². The SMILES string of the molecule is CCCCCCCCCc1ccc(B2OCC(C)(C)C(C)(C)O2)cc1. The van der Waals surface area contributed by atoms with Crippen LogP contribution in [0.2, 0.25) is 0 Å². The van der Waals surface area contributed by atoms with Crippen LogP contribution >= 0.6 is 0 Å². The smallest absolute Gasteiger partial charge is 0.407 e. The van der Waals surface area contributed by atoms with Crippen LogP contribution in [0.1, 0.15) is 85.1 Å². The highest BCUT2D eigenvalue weighted by molar-refractivity contribution is 6.61. The molecular formula is C22H37BO2. The Bertz CT molecular complexity index is 507. The van der Waals surface area contributed by atoms with E-state index in [4.69, 9.17) is 9.31 Å². The lowest BCUT2D eigenvalue weighted by Gasteiger charge is -2.47. The van der Waals surface area contributed by atoms with Crippen molar-refractivity contribution in [3.05, 3.63) is 29.8 Å². The van der Waals surface area contributed by atoms with Crippen LogP contribution in [0.15, 0.2) is 24.3 Å². The van der Waals surface area contributed by atoms with Crippen molar-refractivity contribution in [3.8, 4) is 0 Å². The van der Waals surface area contributed by atoms with Crippen molar-refractivity contribution < 1.29 is 9.31 Å². The summed E-state index contributed by atoms with van der Waals surface area (Å²) in [5, 5.41) is 0. The fourth-order valence-electron chi connectivity index (χ4n) is 3.21. The van der Waals surface area contributed by atoms with Gasteiger partial charge in [0.1, 0.15) is 0 Å². The summed E-state index contributed by atoms with van der Waals surface area (Å²) >= 11 is 0. The molecule has 0 bridgehead atoms. The van der Waals surface area contributed by atoms with Crippen LogP contribution in [-0.4, -0.2) is 19.3 Å². The molecule has 0 spiro atoms. The molecule has 0 N–H and O–H groups in total. The minimum Gasteiger partial charge on any atom is -0.407 e. The zero-order chi connectivity index (χ0) is 18.3. The van der Waals surface area contributed by atoms with Crippen LogP contribution in [-0.2, 0) is 15.7 Å². The molecule has 1 heterocycles. The standard InChI is InChI=1S/C22H37BO2/c1-6-7-8-9-10-11-12-13-19-14-16-20(17-15-19)23-24-18-21(2,3)22(4,5)25-23/h14-17H,6-13,18H2,1-5H3. The fourth-order valence-corrected chi connectivity index (χ4v) is 3.21. The van der Waals surface area contributed by atoms with Gasteiger partial charge in [-0.05, 0) is 37.7 Å². The molecule has 0 unspecified atom stereocenters. The zero-order valence-corrected chi connectivity index (χ0v) is 17.1. The zero-order valence-electron chi connectivity index (χ0n) is 17.1. The molecule has 1 saturated heterocycles. The van der Waals surface area contributed by atoms with Gasteiger partial charge in [0.05, 0.1) is 5.60 Å². The summed E-state index contributed by atoms with van der Waals surface area (Å²) in [4.78, 5) is 0. The summed E-state index contributed by atoms with van der Waals surface area (Å²) in [6.07, 6.45) is 10.7. The van der Waals surface area contributed by atoms with Crippen molar-refractivity contribution in [2.75, 3.05) is 6.61 Å². The Labute approximate surface area is 155 Å². The first-order valence-electron chi connectivity index (χ1n) is 10.2. The number of benzene rings is 1. The average molecular weight is 344 g/mol. The first-order valence-corrected chi connectivity index (χ1v) is 10.2. The third kappa shape index (κ3) is 5.86. The van der Waals surface area contributed by atoms with Gasteiger partial charge >= 0.3 is 7.12 Å². The molecule has 1 aliphatic heterocycles. The van der Waals surface area contributed by atoms with E-state index in [9.17, 15) is 0 Å². The lowest BCUT2D eigenvalue weighted by atomic mass is 9.69. The highest BCUT2D eigenvalue weighted by atomic mass is 16.6. The van der Waals surface area contributed by atoms with Crippen LogP contribution in [0.5, 0.6) is 0 Å².